The first kappa shape index (κ1) is 23.0. The Morgan fingerprint density at radius 1 is 1.10 bits per heavy atom. The zero-order valence-corrected chi connectivity index (χ0v) is 18.1. The minimum Gasteiger partial charge on any atom is -0.465 e. The molecular formula is C21H19BrF3N3O3. The maximum atomic E-state index is 12.8. The molecule has 0 aliphatic carbocycles. The highest BCUT2D eigenvalue weighted by Gasteiger charge is 2.30. The molecular weight excluding hydrogens is 479 g/mol. The van der Waals surface area contributed by atoms with E-state index < -0.39 is 17.7 Å². The summed E-state index contributed by atoms with van der Waals surface area (Å²) in [7, 11) is 0. The molecule has 0 radical (unpaired) electrons. The number of hydrogen-bond acceptors (Lipinski definition) is 6. The SMILES string of the molecule is CCOC(=O)CN(Cc1ccc(C(F)(F)F)cc1)Cc1nnc(-c2ccccc2Br)o1. The van der Waals surface area contributed by atoms with E-state index in [0.29, 0.717) is 11.5 Å². The minimum atomic E-state index is -4.41. The lowest BCUT2D eigenvalue weighted by atomic mass is 10.1. The van der Waals surface area contributed by atoms with Gasteiger partial charge in [0.15, 0.2) is 0 Å². The Labute approximate surface area is 185 Å². The summed E-state index contributed by atoms with van der Waals surface area (Å²) in [5, 5.41) is 8.08. The van der Waals surface area contributed by atoms with Crippen molar-refractivity contribution in [2.24, 2.45) is 0 Å². The number of esters is 1. The number of nitrogens with zero attached hydrogens (tertiary/aromatic N) is 3. The molecule has 31 heavy (non-hydrogen) atoms. The molecule has 0 bridgehead atoms. The lowest BCUT2D eigenvalue weighted by Crippen LogP contribution is -2.30. The largest absolute Gasteiger partial charge is 0.465 e. The van der Waals surface area contributed by atoms with Crippen molar-refractivity contribution < 1.29 is 27.1 Å². The number of halogens is 4. The molecule has 2 aromatic carbocycles. The highest BCUT2D eigenvalue weighted by Crippen LogP contribution is 2.29. The van der Waals surface area contributed by atoms with Crippen LogP contribution in [0.25, 0.3) is 11.5 Å². The fraction of sp³-hybridized carbons (Fsp3) is 0.286. The van der Waals surface area contributed by atoms with Crippen LogP contribution < -0.4 is 0 Å². The van der Waals surface area contributed by atoms with Crippen LogP contribution in [0.2, 0.25) is 0 Å². The van der Waals surface area contributed by atoms with E-state index in [1.165, 1.54) is 12.1 Å². The van der Waals surface area contributed by atoms with Gasteiger partial charge >= 0.3 is 12.1 Å². The molecule has 0 saturated carbocycles. The Balaban J connectivity index is 1.76. The average molecular weight is 498 g/mol. The summed E-state index contributed by atoms with van der Waals surface area (Å²) in [6.45, 7) is 2.16. The number of ether oxygens (including phenoxy) is 1. The van der Waals surface area contributed by atoms with E-state index in [1.54, 1.807) is 11.8 Å². The molecule has 0 saturated heterocycles. The molecule has 6 nitrogen and oxygen atoms in total. The lowest BCUT2D eigenvalue weighted by Gasteiger charge is -2.20. The fourth-order valence-corrected chi connectivity index (χ4v) is 3.32. The smallest absolute Gasteiger partial charge is 0.416 e. The normalized spacial score (nSPS) is 11.7. The zero-order chi connectivity index (χ0) is 22.4. The summed E-state index contributed by atoms with van der Waals surface area (Å²) in [5.74, 6) is 0.120. The summed E-state index contributed by atoms with van der Waals surface area (Å²) in [5.41, 5.74) is 0.590. The summed E-state index contributed by atoms with van der Waals surface area (Å²) in [6.07, 6.45) is -4.41. The number of carbonyl (C=O) groups is 1. The second-order valence-electron chi connectivity index (χ2n) is 6.63. The van der Waals surface area contributed by atoms with Gasteiger partial charge in [0.25, 0.3) is 0 Å². The van der Waals surface area contributed by atoms with E-state index in [-0.39, 0.29) is 32.1 Å². The molecule has 164 valence electrons. The summed E-state index contributed by atoms with van der Waals surface area (Å²) in [6, 6.07) is 12.1. The van der Waals surface area contributed by atoms with Crippen LogP contribution in [0.4, 0.5) is 13.2 Å². The molecule has 0 atom stereocenters. The quantitative estimate of drug-likeness (QED) is 0.404. The van der Waals surface area contributed by atoms with Crippen LogP contribution in [0.15, 0.2) is 57.4 Å². The van der Waals surface area contributed by atoms with Gasteiger partial charge in [0.1, 0.15) is 0 Å². The van der Waals surface area contributed by atoms with Gasteiger partial charge < -0.3 is 9.15 Å². The Kier molecular flexibility index (Phi) is 7.45. The number of rotatable bonds is 8. The maximum Gasteiger partial charge on any atom is 0.416 e. The molecule has 0 aliphatic rings. The predicted octanol–water partition coefficient (Wildman–Crippen LogP) is 5.08. The van der Waals surface area contributed by atoms with Crippen molar-refractivity contribution in [3.05, 3.63) is 70.0 Å². The van der Waals surface area contributed by atoms with E-state index in [0.717, 1.165) is 22.2 Å². The summed E-state index contributed by atoms with van der Waals surface area (Å²) < 4.78 is 49.9. The van der Waals surface area contributed by atoms with Crippen molar-refractivity contribution in [1.82, 2.24) is 15.1 Å². The minimum absolute atomic E-state index is 0.0817. The second kappa shape index (κ2) is 10.1. The van der Waals surface area contributed by atoms with Crippen molar-refractivity contribution >= 4 is 21.9 Å². The predicted molar refractivity (Wildman–Crippen MR) is 110 cm³/mol. The lowest BCUT2D eigenvalue weighted by molar-refractivity contribution is -0.144. The topological polar surface area (TPSA) is 68.5 Å². The molecule has 0 N–H and O–H groups in total. The number of aromatic nitrogens is 2. The zero-order valence-electron chi connectivity index (χ0n) is 16.5. The molecule has 1 aromatic heterocycles. The highest BCUT2D eigenvalue weighted by molar-refractivity contribution is 9.10. The van der Waals surface area contributed by atoms with Crippen molar-refractivity contribution in [2.75, 3.05) is 13.2 Å². The molecule has 0 spiro atoms. The van der Waals surface area contributed by atoms with Crippen LogP contribution in [0.1, 0.15) is 23.9 Å². The van der Waals surface area contributed by atoms with E-state index >= 15 is 0 Å². The van der Waals surface area contributed by atoms with E-state index in [2.05, 4.69) is 26.1 Å². The molecule has 3 aromatic rings. The van der Waals surface area contributed by atoms with Gasteiger partial charge in [-0.1, -0.05) is 24.3 Å². The van der Waals surface area contributed by atoms with Crippen molar-refractivity contribution in [1.29, 1.82) is 0 Å². The molecule has 1 heterocycles. The van der Waals surface area contributed by atoms with Crippen LogP contribution in [-0.2, 0) is 28.8 Å². The van der Waals surface area contributed by atoms with Crippen LogP contribution in [0.3, 0.4) is 0 Å². The van der Waals surface area contributed by atoms with Crippen LogP contribution in [-0.4, -0.2) is 34.2 Å². The molecule has 0 fully saturated rings. The van der Waals surface area contributed by atoms with Gasteiger partial charge in [0.05, 0.1) is 30.8 Å². The molecule has 0 aliphatic heterocycles. The van der Waals surface area contributed by atoms with Crippen LogP contribution in [0.5, 0.6) is 0 Å². The van der Waals surface area contributed by atoms with Crippen LogP contribution in [0, 0.1) is 0 Å². The van der Waals surface area contributed by atoms with Gasteiger partial charge in [0, 0.05) is 11.0 Å². The van der Waals surface area contributed by atoms with Crippen molar-refractivity contribution in [3.63, 3.8) is 0 Å². The van der Waals surface area contributed by atoms with E-state index in [9.17, 15) is 18.0 Å². The summed E-state index contributed by atoms with van der Waals surface area (Å²) >= 11 is 3.43. The Hall–Kier alpha value is -2.72. The first-order chi connectivity index (χ1) is 14.8. The van der Waals surface area contributed by atoms with E-state index in [4.69, 9.17) is 9.15 Å². The first-order valence-corrected chi connectivity index (χ1v) is 10.2. The van der Waals surface area contributed by atoms with Gasteiger partial charge in [-0.25, -0.2) is 0 Å². The van der Waals surface area contributed by atoms with E-state index in [1.807, 2.05) is 24.3 Å². The Bertz CT molecular complexity index is 1020. The number of carbonyl (C=O) groups excluding carboxylic acids is 1. The number of alkyl halides is 3. The monoisotopic (exact) mass is 497 g/mol. The third-order valence-corrected chi connectivity index (χ3v) is 4.97. The number of hydrogen-bond donors (Lipinski definition) is 0. The fourth-order valence-electron chi connectivity index (χ4n) is 2.87. The summed E-state index contributed by atoms with van der Waals surface area (Å²) in [4.78, 5) is 13.7. The average Bonchev–Trinajstić information content (AvgIpc) is 3.16. The van der Waals surface area contributed by atoms with Crippen molar-refractivity contribution in [2.45, 2.75) is 26.2 Å². The molecule has 3 rings (SSSR count). The van der Waals surface area contributed by atoms with Gasteiger partial charge in [-0.2, -0.15) is 13.2 Å². The Morgan fingerprint density at radius 2 is 1.81 bits per heavy atom. The maximum absolute atomic E-state index is 12.8. The van der Waals surface area contributed by atoms with Crippen molar-refractivity contribution in [3.8, 4) is 11.5 Å². The van der Waals surface area contributed by atoms with Gasteiger partial charge in [-0.3, -0.25) is 9.69 Å². The third-order valence-electron chi connectivity index (χ3n) is 4.28. The number of benzene rings is 2. The van der Waals surface area contributed by atoms with Gasteiger partial charge in [-0.05, 0) is 52.7 Å². The molecule has 10 heteroatoms. The van der Waals surface area contributed by atoms with Gasteiger partial charge in [0.2, 0.25) is 11.8 Å². The van der Waals surface area contributed by atoms with Crippen LogP contribution >= 0.6 is 15.9 Å². The standard InChI is InChI=1S/C21H19BrF3N3O3/c1-2-30-19(29)13-28(11-14-7-9-15(10-8-14)21(23,24)25)12-18-26-27-20(31-18)16-5-3-4-6-17(16)22/h3-10H,2,11-13H2,1H3. The second-order valence-corrected chi connectivity index (χ2v) is 7.48. The molecule has 0 unspecified atom stereocenters. The Morgan fingerprint density at radius 3 is 2.45 bits per heavy atom. The first-order valence-electron chi connectivity index (χ1n) is 9.37. The van der Waals surface area contributed by atoms with Gasteiger partial charge in [-0.15, -0.1) is 10.2 Å². The highest BCUT2D eigenvalue weighted by atomic mass is 79.9. The third kappa shape index (κ3) is 6.38. The molecule has 0 amide bonds.